The van der Waals surface area contributed by atoms with E-state index in [1.165, 1.54) is 0 Å². The zero-order chi connectivity index (χ0) is 17.1. The lowest BCUT2D eigenvalue weighted by Gasteiger charge is -2.09. The molecule has 0 aliphatic carbocycles. The highest BCUT2D eigenvalue weighted by atomic mass is 35.5. The van der Waals surface area contributed by atoms with Gasteiger partial charge in [-0.05, 0) is 56.6 Å². The molecule has 0 bridgehead atoms. The smallest absolute Gasteiger partial charge is 0.255 e. The third-order valence-corrected chi connectivity index (χ3v) is 3.89. The van der Waals surface area contributed by atoms with E-state index in [-0.39, 0.29) is 5.91 Å². The normalized spacial score (nSPS) is 11.2. The van der Waals surface area contributed by atoms with E-state index in [4.69, 9.17) is 11.6 Å². The summed E-state index contributed by atoms with van der Waals surface area (Å²) in [5.41, 5.74) is 2.86. The molecule has 1 heterocycles. The molecule has 0 spiro atoms. The second-order valence-corrected chi connectivity index (χ2v) is 6.22. The number of likely N-dealkylation sites (N-methyl/N-ethyl adjacent to an activating group) is 1. The van der Waals surface area contributed by atoms with Gasteiger partial charge in [0.2, 0.25) is 0 Å². The van der Waals surface area contributed by atoms with Gasteiger partial charge in [-0.2, -0.15) is 0 Å². The summed E-state index contributed by atoms with van der Waals surface area (Å²) in [5.74, 6) is -0.193. The molecule has 0 radical (unpaired) electrons. The van der Waals surface area contributed by atoms with Crippen molar-refractivity contribution in [2.45, 2.75) is 6.54 Å². The number of carbonyl (C=O) groups is 1. The number of nitrogens with one attached hydrogen (secondary N) is 1. The van der Waals surface area contributed by atoms with Crippen LogP contribution in [0.4, 0.5) is 5.69 Å². The van der Waals surface area contributed by atoms with Crippen molar-refractivity contribution in [2.75, 3.05) is 26.0 Å². The van der Waals surface area contributed by atoms with Crippen LogP contribution in [0.3, 0.4) is 0 Å². The molecule has 24 heavy (non-hydrogen) atoms. The Hall–Kier alpha value is -2.44. The lowest BCUT2D eigenvalue weighted by molar-refractivity contribution is 0.102. The fourth-order valence-corrected chi connectivity index (χ4v) is 2.44. The highest BCUT2D eigenvalue weighted by Crippen LogP contribution is 2.17. The first-order valence-electron chi connectivity index (χ1n) is 7.58. The van der Waals surface area contributed by atoms with Crippen LogP contribution in [0, 0.1) is 0 Å². The number of nitrogens with zero attached hydrogens (tertiary/aromatic N) is 4. The molecule has 7 heteroatoms. The van der Waals surface area contributed by atoms with Gasteiger partial charge in [-0.15, -0.1) is 5.10 Å². The van der Waals surface area contributed by atoms with E-state index in [9.17, 15) is 4.79 Å². The molecule has 0 unspecified atom stereocenters. The largest absolute Gasteiger partial charge is 0.322 e. The summed E-state index contributed by atoms with van der Waals surface area (Å²) >= 11 is 5.84. The standard InChI is InChI=1S/C17H18ClN5O/c1-22(2)9-10-23-16-8-3-12(11-15(16)20-21-23)17(24)19-14-6-4-13(18)5-7-14/h3-8,11H,9-10H2,1-2H3,(H,19,24). The molecular formula is C17H18ClN5O. The molecule has 124 valence electrons. The first-order valence-corrected chi connectivity index (χ1v) is 7.95. The Bertz CT molecular complexity index is 857. The molecule has 0 saturated carbocycles. The van der Waals surface area contributed by atoms with Crippen LogP contribution in [0.15, 0.2) is 42.5 Å². The van der Waals surface area contributed by atoms with Gasteiger partial charge in [0, 0.05) is 22.8 Å². The van der Waals surface area contributed by atoms with Crippen molar-refractivity contribution in [3.8, 4) is 0 Å². The Labute approximate surface area is 145 Å². The highest BCUT2D eigenvalue weighted by Gasteiger charge is 2.11. The molecule has 0 fully saturated rings. The van der Waals surface area contributed by atoms with Crippen LogP contribution in [0.25, 0.3) is 11.0 Å². The fourth-order valence-electron chi connectivity index (χ4n) is 2.31. The second-order valence-electron chi connectivity index (χ2n) is 5.78. The maximum absolute atomic E-state index is 12.4. The first-order chi connectivity index (χ1) is 11.5. The Morgan fingerprint density at radius 2 is 1.96 bits per heavy atom. The minimum Gasteiger partial charge on any atom is -0.322 e. The molecule has 1 N–H and O–H groups in total. The maximum atomic E-state index is 12.4. The molecule has 6 nitrogen and oxygen atoms in total. The van der Waals surface area contributed by atoms with E-state index in [0.29, 0.717) is 21.8 Å². The quantitative estimate of drug-likeness (QED) is 0.773. The average molecular weight is 344 g/mol. The number of amides is 1. The Morgan fingerprint density at radius 1 is 1.21 bits per heavy atom. The van der Waals surface area contributed by atoms with E-state index in [2.05, 4.69) is 20.5 Å². The molecule has 0 atom stereocenters. The van der Waals surface area contributed by atoms with Crippen molar-refractivity contribution in [1.29, 1.82) is 0 Å². The van der Waals surface area contributed by atoms with Crippen LogP contribution in [0.1, 0.15) is 10.4 Å². The van der Waals surface area contributed by atoms with E-state index in [1.54, 1.807) is 36.4 Å². The number of rotatable bonds is 5. The van der Waals surface area contributed by atoms with Gasteiger partial charge in [-0.1, -0.05) is 16.8 Å². The zero-order valence-electron chi connectivity index (χ0n) is 13.5. The van der Waals surface area contributed by atoms with Crippen LogP contribution in [-0.4, -0.2) is 46.4 Å². The predicted molar refractivity (Wildman–Crippen MR) is 95.5 cm³/mol. The van der Waals surface area contributed by atoms with Gasteiger partial charge in [0.25, 0.3) is 5.91 Å². The lowest BCUT2D eigenvalue weighted by Crippen LogP contribution is -2.19. The third kappa shape index (κ3) is 3.72. The van der Waals surface area contributed by atoms with E-state index >= 15 is 0 Å². The van der Waals surface area contributed by atoms with Crippen LogP contribution < -0.4 is 5.32 Å². The number of anilines is 1. The van der Waals surface area contributed by atoms with Crippen molar-refractivity contribution in [1.82, 2.24) is 19.9 Å². The Balaban J connectivity index is 1.77. The summed E-state index contributed by atoms with van der Waals surface area (Å²) in [4.78, 5) is 14.4. The SMILES string of the molecule is CN(C)CCn1nnc2cc(C(=O)Nc3ccc(Cl)cc3)ccc21. The van der Waals surface area contributed by atoms with Crippen LogP contribution in [0.2, 0.25) is 5.02 Å². The lowest BCUT2D eigenvalue weighted by atomic mass is 10.2. The zero-order valence-corrected chi connectivity index (χ0v) is 14.3. The molecule has 2 aromatic carbocycles. The number of hydrogen-bond acceptors (Lipinski definition) is 4. The van der Waals surface area contributed by atoms with Crippen molar-refractivity contribution >= 4 is 34.2 Å². The number of hydrogen-bond donors (Lipinski definition) is 1. The summed E-state index contributed by atoms with van der Waals surface area (Å²) in [6.45, 7) is 1.62. The van der Waals surface area contributed by atoms with Crippen molar-refractivity contribution in [3.05, 3.63) is 53.1 Å². The van der Waals surface area contributed by atoms with Crippen LogP contribution >= 0.6 is 11.6 Å². The van der Waals surface area contributed by atoms with Crippen molar-refractivity contribution in [3.63, 3.8) is 0 Å². The predicted octanol–water partition coefficient (Wildman–Crippen LogP) is 2.90. The summed E-state index contributed by atoms with van der Waals surface area (Å²) in [6, 6.07) is 12.4. The van der Waals surface area contributed by atoms with Gasteiger partial charge < -0.3 is 10.2 Å². The molecular weight excluding hydrogens is 326 g/mol. The van der Waals surface area contributed by atoms with Gasteiger partial charge >= 0.3 is 0 Å². The molecule has 0 aliphatic rings. The highest BCUT2D eigenvalue weighted by molar-refractivity contribution is 6.30. The van der Waals surface area contributed by atoms with Crippen molar-refractivity contribution in [2.24, 2.45) is 0 Å². The van der Waals surface area contributed by atoms with Gasteiger partial charge in [-0.25, -0.2) is 4.68 Å². The first kappa shape index (κ1) is 16.4. The van der Waals surface area contributed by atoms with Gasteiger partial charge in [0.05, 0.1) is 12.1 Å². The molecule has 0 saturated heterocycles. The summed E-state index contributed by atoms with van der Waals surface area (Å²) in [5, 5.41) is 11.8. The van der Waals surface area contributed by atoms with E-state index < -0.39 is 0 Å². The summed E-state index contributed by atoms with van der Waals surface area (Å²) < 4.78 is 1.84. The van der Waals surface area contributed by atoms with Crippen LogP contribution in [0.5, 0.6) is 0 Å². The number of carbonyl (C=O) groups excluding carboxylic acids is 1. The number of aromatic nitrogens is 3. The van der Waals surface area contributed by atoms with E-state index in [0.717, 1.165) is 18.6 Å². The molecule has 3 rings (SSSR count). The monoisotopic (exact) mass is 343 g/mol. The van der Waals surface area contributed by atoms with Crippen LogP contribution in [-0.2, 0) is 6.54 Å². The van der Waals surface area contributed by atoms with Gasteiger partial charge in [-0.3, -0.25) is 4.79 Å². The molecule has 1 amide bonds. The number of benzene rings is 2. The second kappa shape index (κ2) is 6.98. The minimum atomic E-state index is -0.193. The number of fused-ring (bicyclic) bond motifs is 1. The minimum absolute atomic E-state index is 0.193. The van der Waals surface area contributed by atoms with Crippen molar-refractivity contribution < 1.29 is 4.79 Å². The van der Waals surface area contributed by atoms with Gasteiger partial charge in [0.1, 0.15) is 5.52 Å². The number of halogens is 1. The summed E-state index contributed by atoms with van der Waals surface area (Å²) in [6.07, 6.45) is 0. The summed E-state index contributed by atoms with van der Waals surface area (Å²) in [7, 11) is 4.02. The Kier molecular flexibility index (Phi) is 4.78. The third-order valence-electron chi connectivity index (χ3n) is 3.64. The molecule has 0 aliphatic heterocycles. The molecule has 1 aromatic heterocycles. The van der Waals surface area contributed by atoms with E-state index in [1.807, 2.05) is 24.8 Å². The molecule has 3 aromatic rings. The fraction of sp³-hybridized carbons (Fsp3) is 0.235. The maximum Gasteiger partial charge on any atom is 0.255 e. The Morgan fingerprint density at radius 3 is 2.67 bits per heavy atom. The van der Waals surface area contributed by atoms with Gasteiger partial charge in [0.15, 0.2) is 0 Å². The average Bonchev–Trinajstić information content (AvgIpc) is 2.97. The topological polar surface area (TPSA) is 63.1 Å².